The van der Waals surface area contributed by atoms with E-state index in [0.29, 0.717) is 11.8 Å². The molecule has 0 saturated carbocycles. The molecule has 7 rings (SSSR count). The van der Waals surface area contributed by atoms with Crippen molar-refractivity contribution in [3.63, 3.8) is 0 Å². The number of rotatable bonds is 6. The van der Waals surface area contributed by atoms with Crippen LogP contribution in [0.3, 0.4) is 0 Å². The van der Waals surface area contributed by atoms with E-state index < -0.39 is 5.60 Å². The molecule has 5 aromatic rings. The molecule has 0 fully saturated rings. The molecular weight excluding hydrogens is 528 g/mol. The SMILES string of the molecule is COc1ccc(C2(c3ccc(OC)cc3)C=Cc3c4c(c5ccccc5c3O2)-c2ccccc2C4(C(C)C)C(C)C)cc1. The second-order valence-electron chi connectivity index (χ2n) is 12.4. The zero-order valence-corrected chi connectivity index (χ0v) is 25.8. The number of hydrogen-bond donors (Lipinski definition) is 0. The van der Waals surface area contributed by atoms with Gasteiger partial charge in [0.2, 0.25) is 0 Å². The lowest BCUT2D eigenvalue weighted by Crippen LogP contribution is -2.39. The van der Waals surface area contributed by atoms with Crippen molar-refractivity contribution in [2.24, 2.45) is 11.8 Å². The fourth-order valence-corrected chi connectivity index (χ4v) is 8.02. The summed E-state index contributed by atoms with van der Waals surface area (Å²) in [7, 11) is 3.39. The highest BCUT2D eigenvalue weighted by Gasteiger charge is 2.51. The molecule has 43 heavy (non-hydrogen) atoms. The molecule has 1 aliphatic heterocycles. The largest absolute Gasteiger partial charge is 0.497 e. The Morgan fingerprint density at radius 2 is 1.16 bits per heavy atom. The van der Waals surface area contributed by atoms with E-state index in [2.05, 4.69) is 113 Å². The fraction of sp³-hybridized carbons (Fsp3) is 0.250. The number of fused-ring (bicyclic) bond motifs is 8. The van der Waals surface area contributed by atoms with E-state index in [-0.39, 0.29) is 5.41 Å². The Kier molecular flexibility index (Phi) is 6.39. The number of hydrogen-bond acceptors (Lipinski definition) is 3. The summed E-state index contributed by atoms with van der Waals surface area (Å²) < 4.78 is 18.5. The molecular formula is C40H38O3. The van der Waals surface area contributed by atoms with Crippen LogP contribution in [-0.2, 0) is 11.0 Å². The minimum absolute atomic E-state index is 0.159. The van der Waals surface area contributed by atoms with Crippen molar-refractivity contribution < 1.29 is 14.2 Å². The second-order valence-corrected chi connectivity index (χ2v) is 12.4. The molecule has 1 heterocycles. The number of methoxy groups -OCH3 is 2. The van der Waals surface area contributed by atoms with Crippen LogP contribution in [0.15, 0.2) is 103 Å². The lowest BCUT2D eigenvalue weighted by molar-refractivity contribution is 0.162. The Bertz CT molecular complexity index is 1800. The lowest BCUT2D eigenvalue weighted by Gasteiger charge is -2.43. The van der Waals surface area contributed by atoms with Gasteiger partial charge in [-0.25, -0.2) is 0 Å². The summed E-state index contributed by atoms with van der Waals surface area (Å²) in [6.45, 7) is 9.50. The molecule has 0 spiro atoms. The summed E-state index contributed by atoms with van der Waals surface area (Å²) in [4.78, 5) is 0. The molecule has 3 heteroatoms. The van der Waals surface area contributed by atoms with E-state index in [1.54, 1.807) is 14.2 Å². The van der Waals surface area contributed by atoms with Gasteiger partial charge in [0.25, 0.3) is 0 Å². The summed E-state index contributed by atoms with van der Waals surface area (Å²) in [6.07, 6.45) is 4.59. The first kappa shape index (κ1) is 27.3. The van der Waals surface area contributed by atoms with E-state index in [4.69, 9.17) is 14.2 Å². The molecule has 0 radical (unpaired) electrons. The molecule has 3 nitrogen and oxygen atoms in total. The number of ether oxygens (including phenoxy) is 3. The zero-order chi connectivity index (χ0) is 29.9. The summed E-state index contributed by atoms with van der Waals surface area (Å²) in [6, 6.07) is 34.3. The molecule has 0 bridgehead atoms. The van der Waals surface area contributed by atoms with Gasteiger partial charge in [0.1, 0.15) is 17.2 Å². The van der Waals surface area contributed by atoms with Crippen LogP contribution in [0.2, 0.25) is 0 Å². The van der Waals surface area contributed by atoms with Gasteiger partial charge in [0.05, 0.1) is 14.2 Å². The van der Waals surface area contributed by atoms with E-state index >= 15 is 0 Å². The number of benzene rings is 5. The van der Waals surface area contributed by atoms with Crippen LogP contribution in [0.5, 0.6) is 17.2 Å². The molecule has 0 amide bonds. The first-order valence-corrected chi connectivity index (χ1v) is 15.2. The van der Waals surface area contributed by atoms with E-state index in [9.17, 15) is 0 Å². The van der Waals surface area contributed by atoms with Gasteiger partial charge >= 0.3 is 0 Å². The van der Waals surface area contributed by atoms with Crippen LogP contribution in [0, 0.1) is 11.8 Å². The molecule has 0 unspecified atom stereocenters. The Labute approximate surface area is 254 Å². The van der Waals surface area contributed by atoms with Gasteiger partial charge in [-0.2, -0.15) is 0 Å². The predicted molar refractivity (Wildman–Crippen MR) is 176 cm³/mol. The third-order valence-corrected chi connectivity index (χ3v) is 9.87. The van der Waals surface area contributed by atoms with Crippen molar-refractivity contribution in [1.29, 1.82) is 0 Å². The summed E-state index contributed by atoms with van der Waals surface area (Å²) in [5.74, 6) is 3.32. The molecule has 2 aliphatic rings. The minimum atomic E-state index is -0.841. The van der Waals surface area contributed by atoms with E-state index in [0.717, 1.165) is 33.8 Å². The summed E-state index contributed by atoms with van der Waals surface area (Å²) >= 11 is 0. The highest BCUT2D eigenvalue weighted by molar-refractivity contribution is 6.08. The smallest absolute Gasteiger partial charge is 0.178 e. The summed E-state index contributed by atoms with van der Waals surface area (Å²) in [5.41, 5.74) is 7.76. The van der Waals surface area contributed by atoms with Gasteiger partial charge in [-0.3, -0.25) is 0 Å². The van der Waals surface area contributed by atoms with Crippen molar-refractivity contribution in [3.8, 4) is 28.4 Å². The van der Waals surface area contributed by atoms with Crippen LogP contribution in [-0.4, -0.2) is 14.2 Å². The molecule has 0 N–H and O–H groups in total. The minimum Gasteiger partial charge on any atom is -0.497 e. The van der Waals surface area contributed by atoms with Gasteiger partial charge in [-0.15, -0.1) is 0 Å². The highest BCUT2D eigenvalue weighted by atomic mass is 16.5. The average Bonchev–Trinajstić information content (AvgIpc) is 3.37. The third-order valence-electron chi connectivity index (χ3n) is 9.87. The predicted octanol–water partition coefficient (Wildman–Crippen LogP) is 9.78. The maximum Gasteiger partial charge on any atom is 0.178 e. The van der Waals surface area contributed by atoms with Crippen LogP contribution < -0.4 is 14.2 Å². The van der Waals surface area contributed by atoms with Gasteiger partial charge in [0.15, 0.2) is 5.60 Å². The Morgan fingerprint density at radius 1 is 0.628 bits per heavy atom. The fourth-order valence-electron chi connectivity index (χ4n) is 8.02. The zero-order valence-electron chi connectivity index (χ0n) is 25.8. The van der Waals surface area contributed by atoms with Gasteiger partial charge < -0.3 is 14.2 Å². The van der Waals surface area contributed by atoms with Crippen molar-refractivity contribution in [2.75, 3.05) is 14.2 Å². The van der Waals surface area contributed by atoms with Crippen LogP contribution >= 0.6 is 0 Å². The van der Waals surface area contributed by atoms with Crippen molar-refractivity contribution in [2.45, 2.75) is 38.7 Å². The topological polar surface area (TPSA) is 27.7 Å². The van der Waals surface area contributed by atoms with Gasteiger partial charge in [-0.05, 0) is 69.8 Å². The molecule has 0 aromatic heterocycles. The van der Waals surface area contributed by atoms with Crippen molar-refractivity contribution in [1.82, 2.24) is 0 Å². The Morgan fingerprint density at radius 3 is 1.72 bits per heavy atom. The average molecular weight is 567 g/mol. The van der Waals surface area contributed by atoms with E-state index in [1.165, 1.54) is 33.2 Å². The normalized spacial score (nSPS) is 15.6. The van der Waals surface area contributed by atoms with Gasteiger partial charge in [0, 0.05) is 27.5 Å². The molecule has 0 saturated heterocycles. The Balaban J connectivity index is 1.57. The maximum atomic E-state index is 7.46. The van der Waals surface area contributed by atoms with E-state index in [1.807, 2.05) is 24.3 Å². The molecule has 0 atom stereocenters. The van der Waals surface area contributed by atoms with Gasteiger partial charge in [-0.1, -0.05) is 107 Å². The van der Waals surface area contributed by atoms with Crippen LogP contribution in [0.1, 0.15) is 55.5 Å². The lowest BCUT2D eigenvalue weighted by atomic mass is 9.61. The Hall–Kier alpha value is -4.50. The van der Waals surface area contributed by atoms with Crippen LogP contribution in [0.25, 0.3) is 28.0 Å². The molecule has 5 aromatic carbocycles. The maximum absolute atomic E-state index is 7.46. The molecule has 216 valence electrons. The quantitative estimate of drug-likeness (QED) is 0.205. The third kappa shape index (κ3) is 3.73. The first-order chi connectivity index (χ1) is 20.9. The monoisotopic (exact) mass is 566 g/mol. The van der Waals surface area contributed by atoms with Crippen LogP contribution in [0.4, 0.5) is 0 Å². The standard InChI is InChI=1S/C40H38O3/c1-25(2)40(26(3)4)35-14-10-9-13-33(35)36-31-11-7-8-12-32(31)38-34(37(36)40)23-24-39(43-38,27-15-19-29(41-5)20-16-27)28-17-21-30(42-6)22-18-28/h7-26H,1-6H3. The molecule has 1 aliphatic carbocycles. The van der Waals surface area contributed by atoms with Crippen molar-refractivity contribution in [3.05, 3.63) is 131 Å². The van der Waals surface area contributed by atoms with Crippen molar-refractivity contribution >= 4 is 16.8 Å². The highest BCUT2D eigenvalue weighted by Crippen LogP contribution is 2.62. The second kappa shape index (κ2) is 10.1. The first-order valence-electron chi connectivity index (χ1n) is 15.2. The summed E-state index contributed by atoms with van der Waals surface area (Å²) in [5, 5.41) is 2.37.